The number of para-hydroxylation sites is 2. The fraction of sp³-hybridized carbons (Fsp3) is 0. The molecule has 0 saturated carbocycles. The largest absolute Gasteiger partial charge is 0.311 e. The average molecular weight is 815 g/mol. The zero-order valence-corrected chi connectivity index (χ0v) is 35.1. The maximum Gasteiger partial charge on any atom is 0.0541 e. The molecule has 0 radical (unpaired) electrons. The second-order valence-corrected chi connectivity index (χ2v) is 16.6. The maximum absolute atomic E-state index is 2.37. The van der Waals surface area contributed by atoms with E-state index in [1.165, 1.54) is 87.9 Å². The number of anilines is 3. The Kier molecular flexibility index (Phi) is 9.20. The van der Waals surface area contributed by atoms with Gasteiger partial charge in [-0.15, -0.1) is 0 Å². The fourth-order valence-corrected chi connectivity index (χ4v) is 9.55. The summed E-state index contributed by atoms with van der Waals surface area (Å²) in [6.07, 6.45) is 0. The lowest BCUT2D eigenvalue weighted by molar-refractivity contribution is 1.17. The van der Waals surface area contributed by atoms with Gasteiger partial charge in [0.05, 0.1) is 11.0 Å². The summed E-state index contributed by atoms with van der Waals surface area (Å²) in [5, 5.41) is 7.56. The highest BCUT2D eigenvalue weighted by Gasteiger charge is 2.16. The minimum absolute atomic E-state index is 1.09. The molecule has 64 heavy (non-hydrogen) atoms. The Bertz CT molecular complexity index is 3560. The van der Waals surface area contributed by atoms with Crippen molar-refractivity contribution in [3.8, 4) is 50.2 Å². The SMILES string of the molecule is c1ccc2cc(-c3ccc(-c4ccc(N(c5ccc(-c6ccc(-c7cccc8ccccc78)cc6)cc5)c5ccc(-n6c7ccccc7c7ccccc76)cc5)cc4)cc3)ccc2c1. The third-order valence-corrected chi connectivity index (χ3v) is 12.8. The van der Waals surface area contributed by atoms with Crippen molar-refractivity contribution in [2.75, 3.05) is 4.90 Å². The van der Waals surface area contributed by atoms with E-state index in [0.717, 1.165) is 22.7 Å². The molecule has 0 aliphatic heterocycles. The van der Waals surface area contributed by atoms with Crippen molar-refractivity contribution < 1.29 is 0 Å². The van der Waals surface area contributed by atoms with Gasteiger partial charge in [0.1, 0.15) is 0 Å². The normalized spacial score (nSPS) is 11.4. The first-order valence-electron chi connectivity index (χ1n) is 22.0. The van der Waals surface area contributed by atoms with Gasteiger partial charge in [0.15, 0.2) is 0 Å². The Morgan fingerprint density at radius 2 is 0.641 bits per heavy atom. The number of benzene rings is 11. The van der Waals surface area contributed by atoms with E-state index in [1.54, 1.807) is 0 Å². The molecule has 0 amide bonds. The average Bonchev–Trinajstić information content (AvgIpc) is 3.71. The van der Waals surface area contributed by atoms with Crippen molar-refractivity contribution in [2.45, 2.75) is 0 Å². The molecule has 1 aromatic heterocycles. The zero-order chi connectivity index (χ0) is 42.4. The lowest BCUT2D eigenvalue weighted by Gasteiger charge is -2.26. The van der Waals surface area contributed by atoms with Crippen LogP contribution in [0.2, 0.25) is 0 Å². The molecular weight excluding hydrogens is 773 g/mol. The lowest BCUT2D eigenvalue weighted by Crippen LogP contribution is -2.10. The van der Waals surface area contributed by atoms with E-state index in [2.05, 4.69) is 264 Å². The molecule has 12 aromatic rings. The van der Waals surface area contributed by atoms with Gasteiger partial charge < -0.3 is 9.47 Å². The molecular formula is C62H42N2. The number of rotatable bonds is 8. The summed E-state index contributed by atoms with van der Waals surface area (Å²) in [5.41, 5.74) is 16.5. The topological polar surface area (TPSA) is 8.17 Å². The number of hydrogen-bond acceptors (Lipinski definition) is 1. The molecule has 0 unspecified atom stereocenters. The van der Waals surface area contributed by atoms with E-state index >= 15 is 0 Å². The minimum Gasteiger partial charge on any atom is -0.311 e. The summed E-state index contributed by atoms with van der Waals surface area (Å²) in [6, 6.07) is 92.6. The van der Waals surface area contributed by atoms with E-state index in [4.69, 9.17) is 0 Å². The van der Waals surface area contributed by atoms with E-state index in [9.17, 15) is 0 Å². The van der Waals surface area contributed by atoms with Crippen LogP contribution in [0.1, 0.15) is 0 Å². The van der Waals surface area contributed by atoms with E-state index in [0.29, 0.717) is 0 Å². The second kappa shape index (κ2) is 15.8. The summed E-state index contributed by atoms with van der Waals surface area (Å²) < 4.78 is 2.37. The molecule has 11 aromatic carbocycles. The maximum atomic E-state index is 2.37. The molecule has 0 bridgehead atoms. The quantitative estimate of drug-likeness (QED) is 0.148. The van der Waals surface area contributed by atoms with Gasteiger partial charge in [0, 0.05) is 33.5 Å². The number of nitrogens with zero attached hydrogens (tertiary/aromatic N) is 2. The number of fused-ring (bicyclic) bond motifs is 5. The standard InChI is InChI=1S/C62H42N2/c1-2-12-51-42-52(29-26-43(51)10-1)48-22-20-44(21-23-48)46-30-34-53(35-31-46)63(55-38-40-56(41-39-55)64-61-18-7-5-15-59(61)60-16-6-8-19-62(60)64)54-36-32-47(33-37-54)45-24-27-50(28-25-45)58-17-9-13-49-11-3-4-14-57(49)58/h1-42H. The van der Waals surface area contributed by atoms with Crippen LogP contribution in [0.5, 0.6) is 0 Å². The molecule has 1 heterocycles. The van der Waals surface area contributed by atoms with Gasteiger partial charge in [-0.2, -0.15) is 0 Å². The molecule has 2 heteroatoms. The molecule has 0 saturated heterocycles. The minimum atomic E-state index is 1.09. The summed E-state index contributed by atoms with van der Waals surface area (Å²) in [6.45, 7) is 0. The van der Waals surface area contributed by atoms with Gasteiger partial charge in [0.25, 0.3) is 0 Å². The third-order valence-electron chi connectivity index (χ3n) is 12.8. The highest BCUT2D eigenvalue weighted by molar-refractivity contribution is 6.09. The van der Waals surface area contributed by atoms with Crippen LogP contribution in [0.3, 0.4) is 0 Å². The van der Waals surface area contributed by atoms with Crippen molar-refractivity contribution in [3.05, 3.63) is 255 Å². The van der Waals surface area contributed by atoms with Crippen molar-refractivity contribution in [1.29, 1.82) is 0 Å². The van der Waals surface area contributed by atoms with Gasteiger partial charge in [-0.25, -0.2) is 0 Å². The molecule has 300 valence electrons. The molecule has 12 rings (SSSR count). The van der Waals surface area contributed by atoms with Crippen LogP contribution >= 0.6 is 0 Å². The first kappa shape index (κ1) is 37.3. The van der Waals surface area contributed by atoms with Crippen LogP contribution in [0.4, 0.5) is 17.1 Å². The highest BCUT2D eigenvalue weighted by Crippen LogP contribution is 2.39. The number of hydrogen-bond donors (Lipinski definition) is 0. The van der Waals surface area contributed by atoms with Crippen molar-refractivity contribution in [2.24, 2.45) is 0 Å². The van der Waals surface area contributed by atoms with Gasteiger partial charge in [-0.3, -0.25) is 0 Å². The molecule has 0 atom stereocenters. The highest BCUT2D eigenvalue weighted by atomic mass is 15.1. The first-order chi connectivity index (χ1) is 31.7. The molecule has 0 N–H and O–H groups in total. The zero-order valence-electron chi connectivity index (χ0n) is 35.1. The van der Waals surface area contributed by atoms with Crippen molar-refractivity contribution in [1.82, 2.24) is 4.57 Å². The van der Waals surface area contributed by atoms with Gasteiger partial charge in [-0.05, 0) is 133 Å². The van der Waals surface area contributed by atoms with Crippen LogP contribution in [-0.2, 0) is 0 Å². The van der Waals surface area contributed by atoms with Crippen LogP contribution in [0.15, 0.2) is 255 Å². The van der Waals surface area contributed by atoms with Crippen LogP contribution < -0.4 is 4.90 Å². The van der Waals surface area contributed by atoms with Crippen LogP contribution in [0.25, 0.3) is 93.5 Å². The predicted molar refractivity (Wildman–Crippen MR) is 272 cm³/mol. The Balaban J connectivity index is 0.881. The summed E-state index contributed by atoms with van der Waals surface area (Å²) in [4.78, 5) is 2.36. The molecule has 0 aliphatic rings. The first-order valence-corrected chi connectivity index (χ1v) is 22.0. The monoisotopic (exact) mass is 814 g/mol. The molecule has 0 fully saturated rings. The Morgan fingerprint density at radius 3 is 1.20 bits per heavy atom. The smallest absolute Gasteiger partial charge is 0.0541 e. The summed E-state index contributed by atoms with van der Waals surface area (Å²) in [7, 11) is 0. The van der Waals surface area contributed by atoms with Crippen LogP contribution in [0, 0.1) is 0 Å². The lowest BCUT2D eigenvalue weighted by atomic mass is 9.96. The van der Waals surface area contributed by atoms with Crippen molar-refractivity contribution in [3.63, 3.8) is 0 Å². The molecule has 0 spiro atoms. The Labute approximate surface area is 373 Å². The number of aromatic nitrogens is 1. The van der Waals surface area contributed by atoms with E-state index in [1.807, 2.05) is 0 Å². The summed E-state index contributed by atoms with van der Waals surface area (Å²) >= 11 is 0. The van der Waals surface area contributed by atoms with E-state index < -0.39 is 0 Å². The summed E-state index contributed by atoms with van der Waals surface area (Å²) in [5.74, 6) is 0. The Hall–Kier alpha value is -8.46. The second-order valence-electron chi connectivity index (χ2n) is 16.6. The van der Waals surface area contributed by atoms with Gasteiger partial charge in [0.2, 0.25) is 0 Å². The predicted octanol–water partition coefficient (Wildman–Crippen LogP) is 17.2. The van der Waals surface area contributed by atoms with Gasteiger partial charge in [-0.1, -0.05) is 188 Å². The Morgan fingerprint density at radius 1 is 0.250 bits per heavy atom. The van der Waals surface area contributed by atoms with E-state index in [-0.39, 0.29) is 0 Å². The van der Waals surface area contributed by atoms with Gasteiger partial charge >= 0.3 is 0 Å². The third kappa shape index (κ3) is 6.70. The fourth-order valence-electron chi connectivity index (χ4n) is 9.55. The van der Waals surface area contributed by atoms with Crippen LogP contribution in [-0.4, -0.2) is 4.57 Å². The molecule has 0 aliphatic carbocycles. The molecule has 2 nitrogen and oxygen atoms in total. The van der Waals surface area contributed by atoms with Crippen molar-refractivity contribution >= 4 is 60.4 Å².